The zero-order valence-corrected chi connectivity index (χ0v) is 15.9. The molecule has 6 nitrogen and oxygen atoms in total. The minimum Gasteiger partial charge on any atom is -0.497 e. The highest BCUT2D eigenvalue weighted by Crippen LogP contribution is 2.30. The zero-order valence-electron chi connectivity index (χ0n) is 15.9. The van der Waals surface area contributed by atoms with Crippen LogP contribution in [-0.2, 0) is 0 Å². The van der Waals surface area contributed by atoms with Crippen molar-refractivity contribution in [2.24, 2.45) is 0 Å². The van der Waals surface area contributed by atoms with Gasteiger partial charge in [0.25, 0.3) is 5.91 Å². The number of hydrogen-bond acceptors (Lipinski definition) is 4. The van der Waals surface area contributed by atoms with Gasteiger partial charge in [-0.1, -0.05) is 0 Å². The predicted octanol–water partition coefficient (Wildman–Crippen LogP) is 3.08. The third-order valence-electron chi connectivity index (χ3n) is 5.21. The third-order valence-corrected chi connectivity index (χ3v) is 5.21. The molecule has 0 saturated carbocycles. The number of ether oxygens (including phenoxy) is 1. The number of carbonyl (C=O) groups is 1. The van der Waals surface area contributed by atoms with Gasteiger partial charge in [-0.25, -0.2) is 4.98 Å². The number of pyridine rings is 1. The number of piperazine rings is 1. The van der Waals surface area contributed by atoms with Crippen molar-refractivity contribution in [1.29, 1.82) is 0 Å². The van der Waals surface area contributed by atoms with E-state index in [1.165, 1.54) is 0 Å². The Bertz CT molecular complexity index is 962. The Morgan fingerprint density at radius 3 is 2.59 bits per heavy atom. The summed E-state index contributed by atoms with van der Waals surface area (Å²) in [6.45, 7) is 6.50. The molecule has 0 bridgehead atoms. The average molecular weight is 364 g/mol. The van der Waals surface area contributed by atoms with E-state index in [9.17, 15) is 4.79 Å². The molecule has 0 radical (unpaired) electrons. The fourth-order valence-corrected chi connectivity index (χ4v) is 3.80. The fourth-order valence-electron chi connectivity index (χ4n) is 3.80. The number of methoxy groups -OCH3 is 1. The summed E-state index contributed by atoms with van der Waals surface area (Å²) in [7, 11) is 1.67. The number of anilines is 1. The lowest BCUT2D eigenvalue weighted by atomic mass is 9.97. The van der Waals surface area contributed by atoms with Crippen molar-refractivity contribution in [2.75, 3.05) is 31.6 Å². The standard InChI is InChI=1S/C21H24N4O2/c1-21(2)15-24(12-13-25(21)17-5-7-18(27-3)8-6-17)20(26)16-4-9-19-22-10-11-23(19)14-16/h4-11,14H,12-13,15H2,1-3H3. The molecule has 1 amide bonds. The smallest absolute Gasteiger partial charge is 0.255 e. The summed E-state index contributed by atoms with van der Waals surface area (Å²) in [5, 5.41) is 0. The Morgan fingerprint density at radius 2 is 1.89 bits per heavy atom. The van der Waals surface area contributed by atoms with E-state index in [0.717, 1.165) is 23.6 Å². The van der Waals surface area contributed by atoms with Crippen molar-refractivity contribution >= 4 is 17.2 Å². The Morgan fingerprint density at radius 1 is 1.11 bits per heavy atom. The van der Waals surface area contributed by atoms with Crippen LogP contribution in [0.1, 0.15) is 24.2 Å². The van der Waals surface area contributed by atoms with Crippen molar-refractivity contribution in [3.05, 3.63) is 60.6 Å². The second-order valence-corrected chi connectivity index (χ2v) is 7.50. The molecule has 1 saturated heterocycles. The molecular weight excluding hydrogens is 340 g/mol. The second kappa shape index (κ2) is 6.61. The first-order chi connectivity index (χ1) is 13.0. The number of aromatic nitrogens is 2. The van der Waals surface area contributed by atoms with Gasteiger partial charge in [0.15, 0.2) is 0 Å². The maximum absolute atomic E-state index is 13.0. The highest BCUT2D eigenvalue weighted by atomic mass is 16.5. The first-order valence-electron chi connectivity index (χ1n) is 9.12. The molecule has 27 heavy (non-hydrogen) atoms. The van der Waals surface area contributed by atoms with E-state index in [-0.39, 0.29) is 11.4 Å². The molecule has 3 aromatic rings. The number of imidazole rings is 1. The van der Waals surface area contributed by atoms with Crippen molar-refractivity contribution in [1.82, 2.24) is 14.3 Å². The van der Waals surface area contributed by atoms with E-state index >= 15 is 0 Å². The molecule has 1 fully saturated rings. The molecule has 4 rings (SSSR count). The number of carbonyl (C=O) groups excluding carboxylic acids is 1. The van der Waals surface area contributed by atoms with Crippen molar-refractivity contribution in [3.8, 4) is 5.75 Å². The van der Waals surface area contributed by atoms with E-state index in [0.29, 0.717) is 18.7 Å². The van der Waals surface area contributed by atoms with Gasteiger partial charge in [0, 0.05) is 43.9 Å². The zero-order chi connectivity index (χ0) is 19.0. The number of amides is 1. The van der Waals surface area contributed by atoms with Crippen LogP contribution in [0.15, 0.2) is 55.0 Å². The molecule has 6 heteroatoms. The topological polar surface area (TPSA) is 50.1 Å². The number of hydrogen-bond donors (Lipinski definition) is 0. The molecule has 1 aliphatic heterocycles. The van der Waals surface area contributed by atoms with Gasteiger partial charge in [-0.2, -0.15) is 0 Å². The van der Waals surface area contributed by atoms with E-state index in [4.69, 9.17) is 4.74 Å². The summed E-state index contributed by atoms with van der Waals surface area (Å²) in [6.07, 6.45) is 5.45. The summed E-state index contributed by atoms with van der Waals surface area (Å²) in [5.41, 5.74) is 2.51. The van der Waals surface area contributed by atoms with Crippen LogP contribution in [0.5, 0.6) is 5.75 Å². The van der Waals surface area contributed by atoms with Gasteiger partial charge in [0.2, 0.25) is 0 Å². The molecule has 1 aromatic carbocycles. The SMILES string of the molecule is COc1ccc(N2CCN(C(=O)c3ccc4nccn4c3)CC2(C)C)cc1. The lowest BCUT2D eigenvalue weighted by Gasteiger charge is -2.48. The van der Waals surface area contributed by atoms with Gasteiger partial charge in [-0.15, -0.1) is 0 Å². The average Bonchev–Trinajstić information content (AvgIpc) is 3.14. The van der Waals surface area contributed by atoms with Gasteiger partial charge >= 0.3 is 0 Å². The predicted molar refractivity (Wildman–Crippen MR) is 106 cm³/mol. The monoisotopic (exact) mass is 364 g/mol. The normalized spacial score (nSPS) is 16.6. The van der Waals surface area contributed by atoms with Gasteiger partial charge in [-0.05, 0) is 50.2 Å². The number of rotatable bonds is 3. The molecule has 2 aromatic heterocycles. The lowest BCUT2D eigenvalue weighted by molar-refractivity contribution is 0.0685. The summed E-state index contributed by atoms with van der Waals surface area (Å²) in [6, 6.07) is 11.8. The molecular formula is C21H24N4O2. The van der Waals surface area contributed by atoms with Crippen molar-refractivity contribution < 1.29 is 9.53 Å². The minimum absolute atomic E-state index is 0.0630. The minimum atomic E-state index is -0.165. The largest absolute Gasteiger partial charge is 0.497 e. The fraction of sp³-hybridized carbons (Fsp3) is 0.333. The Balaban J connectivity index is 1.52. The second-order valence-electron chi connectivity index (χ2n) is 7.50. The Hall–Kier alpha value is -3.02. The molecule has 3 heterocycles. The van der Waals surface area contributed by atoms with E-state index in [1.807, 2.05) is 46.0 Å². The van der Waals surface area contributed by atoms with Gasteiger partial charge in [0.05, 0.1) is 18.2 Å². The summed E-state index contributed by atoms with van der Waals surface area (Å²) in [4.78, 5) is 21.6. The number of fused-ring (bicyclic) bond motifs is 1. The molecule has 0 spiro atoms. The first kappa shape index (κ1) is 17.4. The van der Waals surface area contributed by atoms with Crippen molar-refractivity contribution in [2.45, 2.75) is 19.4 Å². The quantitative estimate of drug-likeness (QED) is 0.717. The van der Waals surface area contributed by atoms with Gasteiger partial charge in [0.1, 0.15) is 11.4 Å². The summed E-state index contributed by atoms with van der Waals surface area (Å²) < 4.78 is 7.13. The van der Waals surface area contributed by atoms with Crippen LogP contribution in [0.3, 0.4) is 0 Å². The molecule has 0 atom stereocenters. The summed E-state index contributed by atoms with van der Waals surface area (Å²) >= 11 is 0. The van der Waals surface area contributed by atoms with Crippen LogP contribution in [0.2, 0.25) is 0 Å². The maximum Gasteiger partial charge on any atom is 0.255 e. The van der Waals surface area contributed by atoms with Crippen LogP contribution in [-0.4, -0.2) is 52.5 Å². The molecule has 0 unspecified atom stereocenters. The van der Waals surface area contributed by atoms with Crippen molar-refractivity contribution in [3.63, 3.8) is 0 Å². The van der Waals surface area contributed by atoms with Crippen LogP contribution in [0.4, 0.5) is 5.69 Å². The number of nitrogens with zero attached hydrogens (tertiary/aromatic N) is 4. The molecule has 1 aliphatic rings. The highest BCUT2D eigenvalue weighted by molar-refractivity contribution is 5.94. The molecule has 0 N–H and O–H groups in total. The van der Waals surface area contributed by atoms with E-state index in [1.54, 1.807) is 13.3 Å². The Labute approximate surface area is 159 Å². The highest BCUT2D eigenvalue weighted by Gasteiger charge is 2.36. The molecule has 0 aliphatic carbocycles. The van der Waals surface area contributed by atoms with E-state index in [2.05, 4.69) is 35.9 Å². The van der Waals surface area contributed by atoms with E-state index < -0.39 is 0 Å². The van der Waals surface area contributed by atoms with Gasteiger partial charge < -0.3 is 18.9 Å². The Kier molecular flexibility index (Phi) is 4.26. The van der Waals surface area contributed by atoms with Crippen LogP contribution >= 0.6 is 0 Å². The third kappa shape index (κ3) is 3.23. The number of benzene rings is 1. The summed E-state index contributed by atoms with van der Waals surface area (Å²) in [5.74, 6) is 0.910. The van der Waals surface area contributed by atoms with Gasteiger partial charge in [-0.3, -0.25) is 4.79 Å². The van der Waals surface area contributed by atoms with Crippen LogP contribution in [0, 0.1) is 0 Å². The molecule has 140 valence electrons. The van der Waals surface area contributed by atoms with Crippen LogP contribution in [0.25, 0.3) is 5.65 Å². The lowest BCUT2D eigenvalue weighted by Crippen LogP contribution is -2.60. The maximum atomic E-state index is 13.0. The van der Waals surface area contributed by atoms with Crippen LogP contribution < -0.4 is 9.64 Å². The first-order valence-corrected chi connectivity index (χ1v) is 9.12.